The number of nitrogens with one attached hydrogen (secondary N) is 1. The lowest BCUT2D eigenvalue weighted by atomic mass is 10.1. The van der Waals surface area contributed by atoms with Crippen LogP contribution in [0.25, 0.3) is 0 Å². The van der Waals surface area contributed by atoms with E-state index in [2.05, 4.69) is 44.8 Å². The minimum absolute atomic E-state index is 0.0664. The van der Waals surface area contributed by atoms with E-state index in [0.717, 1.165) is 25.2 Å². The van der Waals surface area contributed by atoms with Crippen molar-refractivity contribution in [3.63, 3.8) is 0 Å². The van der Waals surface area contributed by atoms with Crippen LogP contribution in [-0.2, 0) is 6.54 Å². The Morgan fingerprint density at radius 1 is 1.17 bits per heavy atom. The SMILES string of the molecule is CCN(CC)C[C@@H](O)COc1ccc(CNC(C)(C)C)cc1OC. The Bertz CT molecular complexity index is 482. The number of rotatable bonds is 10. The fraction of sp³-hybridized carbons (Fsp3) is 0.684. The Morgan fingerprint density at radius 2 is 1.83 bits per heavy atom. The fourth-order valence-corrected chi connectivity index (χ4v) is 2.33. The lowest BCUT2D eigenvalue weighted by Crippen LogP contribution is -2.35. The molecule has 0 saturated heterocycles. The molecule has 5 heteroatoms. The summed E-state index contributed by atoms with van der Waals surface area (Å²) in [6.07, 6.45) is -0.517. The minimum Gasteiger partial charge on any atom is -0.493 e. The van der Waals surface area contributed by atoms with Gasteiger partial charge in [0, 0.05) is 18.6 Å². The summed E-state index contributed by atoms with van der Waals surface area (Å²) in [6.45, 7) is 14.1. The largest absolute Gasteiger partial charge is 0.493 e. The molecule has 0 aliphatic carbocycles. The van der Waals surface area contributed by atoms with Crippen LogP contribution in [0.3, 0.4) is 0 Å². The van der Waals surface area contributed by atoms with Gasteiger partial charge in [-0.2, -0.15) is 0 Å². The minimum atomic E-state index is -0.517. The van der Waals surface area contributed by atoms with Crippen LogP contribution in [0.5, 0.6) is 11.5 Å². The third-order valence-electron chi connectivity index (χ3n) is 3.85. The van der Waals surface area contributed by atoms with Gasteiger partial charge in [-0.25, -0.2) is 0 Å². The number of benzene rings is 1. The Kier molecular flexibility index (Phi) is 8.53. The molecule has 1 aromatic carbocycles. The molecule has 1 atom stereocenters. The first-order chi connectivity index (χ1) is 11.3. The topological polar surface area (TPSA) is 54.0 Å². The van der Waals surface area contributed by atoms with Crippen molar-refractivity contribution in [2.45, 2.75) is 52.8 Å². The highest BCUT2D eigenvalue weighted by molar-refractivity contribution is 5.43. The van der Waals surface area contributed by atoms with E-state index in [4.69, 9.17) is 9.47 Å². The number of ether oxygens (including phenoxy) is 2. The van der Waals surface area contributed by atoms with Crippen LogP contribution in [0.15, 0.2) is 18.2 Å². The van der Waals surface area contributed by atoms with Crippen molar-refractivity contribution in [1.82, 2.24) is 10.2 Å². The van der Waals surface area contributed by atoms with Crippen LogP contribution in [0, 0.1) is 0 Å². The number of hydrogen-bond donors (Lipinski definition) is 2. The highest BCUT2D eigenvalue weighted by Gasteiger charge is 2.13. The molecule has 0 radical (unpaired) electrons. The summed E-state index contributed by atoms with van der Waals surface area (Å²) in [7, 11) is 1.63. The molecular weight excluding hydrogens is 304 g/mol. The molecule has 2 N–H and O–H groups in total. The maximum absolute atomic E-state index is 10.1. The predicted octanol–water partition coefficient (Wildman–Crippen LogP) is 2.66. The van der Waals surface area contributed by atoms with Gasteiger partial charge in [0.05, 0.1) is 7.11 Å². The van der Waals surface area contributed by atoms with Crippen LogP contribution >= 0.6 is 0 Å². The first kappa shape index (κ1) is 20.7. The summed E-state index contributed by atoms with van der Waals surface area (Å²) in [6, 6.07) is 5.90. The number of methoxy groups -OCH3 is 1. The van der Waals surface area contributed by atoms with Crippen LogP contribution in [-0.4, -0.2) is 55.0 Å². The lowest BCUT2D eigenvalue weighted by molar-refractivity contribution is 0.0705. The first-order valence-corrected chi connectivity index (χ1v) is 8.74. The molecule has 1 rings (SSSR count). The summed E-state index contributed by atoms with van der Waals surface area (Å²) in [5.74, 6) is 1.36. The zero-order chi connectivity index (χ0) is 18.2. The van der Waals surface area contributed by atoms with E-state index >= 15 is 0 Å². The second-order valence-corrected chi connectivity index (χ2v) is 7.04. The molecule has 0 spiro atoms. The summed E-state index contributed by atoms with van der Waals surface area (Å²) >= 11 is 0. The highest BCUT2D eigenvalue weighted by atomic mass is 16.5. The van der Waals surface area contributed by atoms with Gasteiger partial charge < -0.3 is 24.8 Å². The molecule has 0 fully saturated rings. The highest BCUT2D eigenvalue weighted by Crippen LogP contribution is 2.28. The van der Waals surface area contributed by atoms with E-state index in [0.29, 0.717) is 18.0 Å². The van der Waals surface area contributed by atoms with E-state index in [-0.39, 0.29) is 12.1 Å². The number of hydrogen-bond acceptors (Lipinski definition) is 5. The predicted molar refractivity (Wildman–Crippen MR) is 98.9 cm³/mol. The van der Waals surface area contributed by atoms with Crippen molar-refractivity contribution in [2.24, 2.45) is 0 Å². The standard InChI is InChI=1S/C19H34N2O3/c1-7-21(8-2)13-16(22)14-24-17-10-9-15(11-18(17)23-6)12-20-19(3,4)5/h9-11,16,20,22H,7-8,12-14H2,1-6H3/t16-/m1/s1. The van der Waals surface area contributed by atoms with Gasteiger partial charge in [0.1, 0.15) is 12.7 Å². The molecule has 0 aliphatic rings. The zero-order valence-electron chi connectivity index (χ0n) is 16.1. The van der Waals surface area contributed by atoms with Gasteiger partial charge >= 0.3 is 0 Å². The molecule has 0 amide bonds. The molecule has 5 nitrogen and oxygen atoms in total. The molecule has 0 saturated carbocycles. The number of aliphatic hydroxyl groups is 1. The van der Waals surface area contributed by atoms with E-state index in [1.807, 2.05) is 18.2 Å². The van der Waals surface area contributed by atoms with Gasteiger partial charge in [0.15, 0.2) is 11.5 Å². The molecule has 138 valence electrons. The Morgan fingerprint density at radius 3 is 2.38 bits per heavy atom. The van der Waals surface area contributed by atoms with Crippen molar-refractivity contribution in [1.29, 1.82) is 0 Å². The van der Waals surface area contributed by atoms with Gasteiger partial charge in [-0.05, 0) is 51.6 Å². The molecular formula is C19H34N2O3. The second-order valence-electron chi connectivity index (χ2n) is 7.04. The molecule has 0 aliphatic heterocycles. The second kappa shape index (κ2) is 9.87. The van der Waals surface area contributed by atoms with Crippen molar-refractivity contribution in [2.75, 3.05) is 33.4 Å². The summed E-state index contributed by atoms with van der Waals surface area (Å²) in [4.78, 5) is 2.17. The van der Waals surface area contributed by atoms with Crippen LogP contribution < -0.4 is 14.8 Å². The van der Waals surface area contributed by atoms with Crippen LogP contribution in [0.2, 0.25) is 0 Å². The monoisotopic (exact) mass is 338 g/mol. The maximum Gasteiger partial charge on any atom is 0.161 e. The molecule has 0 aromatic heterocycles. The van der Waals surface area contributed by atoms with Crippen molar-refractivity contribution in [3.8, 4) is 11.5 Å². The lowest BCUT2D eigenvalue weighted by Gasteiger charge is -2.23. The third kappa shape index (κ3) is 7.51. The van der Waals surface area contributed by atoms with E-state index in [1.165, 1.54) is 0 Å². The summed E-state index contributed by atoms with van der Waals surface area (Å²) in [5.41, 5.74) is 1.20. The van der Waals surface area contributed by atoms with Crippen molar-refractivity contribution >= 4 is 0 Å². The van der Waals surface area contributed by atoms with Gasteiger partial charge in [0.25, 0.3) is 0 Å². The van der Waals surface area contributed by atoms with Gasteiger partial charge in [-0.15, -0.1) is 0 Å². The summed E-state index contributed by atoms with van der Waals surface area (Å²) < 4.78 is 11.2. The quantitative estimate of drug-likeness (QED) is 0.687. The van der Waals surface area contributed by atoms with Gasteiger partial charge in [0.2, 0.25) is 0 Å². The average molecular weight is 338 g/mol. The Hall–Kier alpha value is -1.30. The van der Waals surface area contributed by atoms with Crippen molar-refractivity contribution in [3.05, 3.63) is 23.8 Å². The zero-order valence-corrected chi connectivity index (χ0v) is 16.1. The van der Waals surface area contributed by atoms with Crippen LogP contribution in [0.4, 0.5) is 0 Å². The van der Waals surface area contributed by atoms with Gasteiger partial charge in [-0.1, -0.05) is 19.9 Å². The van der Waals surface area contributed by atoms with E-state index in [9.17, 15) is 5.11 Å². The van der Waals surface area contributed by atoms with Gasteiger partial charge in [-0.3, -0.25) is 0 Å². The summed E-state index contributed by atoms with van der Waals surface area (Å²) in [5, 5.41) is 13.6. The van der Waals surface area contributed by atoms with E-state index in [1.54, 1.807) is 7.11 Å². The average Bonchev–Trinajstić information content (AvgIpc) is 2.55. The van der Waals surface area contributed by atoms with E-state index < -0.39 is 6.10 Å². The molecule has 1 aromatic rings. The Labute approximate surface area is 147 Å². The number of likely N-dealkylation sites (N-methyl/N-ethyl adjacent to an activating group) is 1. The molecule has 0 bridgehead atoms. The molecule has 24 heavy (non-hydrogen) atoms. The Balaban J connectivity index is 2.62. The molecule has 0 unspecified atom stereocenters. The first-order valence-electron chi connectivity index (χ1n) is 8.74. The smallest absolute Gasteiger partial charge is 0.161 e. The maximum atomic E-state index is 10.1. The number of aliphatic hydroxyl groups excluding tert-OH is 1. The fourth-order valence-electron chi connectivity index (χ4n) is 2.33. The third-order valence-corrected chi connectivity index (χ3v) is 3.85. The number of nitrogens with zero attached hydrogens (tertiary/aromatic N) is 1. The van der Waals surface area contributed by atoms with Crippen LogP contribution in [0.1, 0.15) is 40.2 Å². The van der Waals surface area contributed by atoms with Crippen molar-refractivity contribution < 1.29 is 14.6 Å². The molecule has 0 heterocycles. The normalized spacial score (nSPS) is 13.2.